The maximum absolute atomic E-state index is 9.86. The second kappa shape index (κ2) is 9.05. The van der Waals surface area contributed by atoms with Crippen molar-refractivity contribution < 1.29 is 0 Å². The summed E-state index contributed by atoms with van der Waals surface area (Å²) in [4.78, 5) is 10.4. The molecule has 0 amide bonds. The average Bonchev–Trinajstić information content (AvgIpc) is 2.80. The minimum absolute atomic E-state index is 0.469. The monoisotopic (exact) mass is 394 g/mol. The number of rotatable bonds is 6. The first-order valence-corrected chi connectivity index (χ1v) is 10.0. The summed E-state index contributed by atoms with van der Waals surface area (Å²) in [6, 6.07) is 33.9. The summed E-state index contributed by atoms with van der Waals surface area (Å²) in [5, 5.41) is 9.86. The molecule has 0 radical (unpaired) electrons. The predicted octanol–water partition coefficient (Wildman–Crippen LogP) is 5.92. The Hall–Kier alpha value is -3.62. The maximum Gasteiger partial charge on any atom is 0.233 e. The molecule has 0 aliphatic rings. The molecule has 1 aromatic heterocycles. The van der Waals surface area contributed by atoms with Crippen LogP contribution >= 0.6 is 11.9 Å². The highest BCUT2D eigenvalue weighted by atomic mass is 32.2. The zero-order valence-electron chi connectivity index (χ0n) is 15.6. The molecule has 0 fully saturated rings. The van der Waals surface area contributed by atoms with E-state index in [0.29, 0.717) is 11.6 Å². The summed E-state index contributed by atoms with van der Waals surface area (Å²) < 4.78 is 3.23. The van der Waals surface area contributed by atoms with E-state index in [2.05, 4.69) is 20.8 Å². The lowest BCUT2D eigenvalue weighted by Gasteiger charge is -2.13. The Labute approximate surface area is 174 Å². The Morgan fingerprint density at radius 2 is 1.41 bits per heavy atom. The molecule has 3 aromatic carbocycles. The van der Waals surface area contributed by atoms with Gasteiger partial charge in [-0.25, -0.2) is 9.97 Å². The van der Waals surface area contributed by atoms with E-state index in [4.69, 9.17) is 0 Å². The third-order valence-corrected chi connectivity index (χ3v) is 5.17. The molecule has 4 aromatic rings. The van der Waals surface area contributed by atoms with Crippen LogP contribution in [0.5, 0.6) is 0 Å². The Morgan fingerprint density at radius 3 is 2.07 bits per heavy atom. The molecule has 0 aliphatic carbocycles. The molecule has 1 heterocycles. The quantitative estimate of drug-likeness (QED) is 0.411. The van der Waals surface area contributed by atoms with Crippen molar-refractivity contribution in [2.24, 2.45) is 0 Å². The lowest BCUT2D eigenvalue weighted by Crippen LogP contribution is -2.06. The maximum atomic E-state index is 9.86. The van der Waals surface area contributed by atoms with E-state index in [0.717, 1.165) is 21.7 Å². The number of nitrogens with zero attached hydrogens (tertiary/aromatic N) is 3. The van der Waals surface area contributed by atoms with Gasteiger partial charge in [0.05, 0.1) is 17.5 Å². The minimum atomic E-state index is -0.469. The summed E-state index contributed by atoms with van der Waals surface area (Å²) >= 11 is 1.44. The van der Waals surface area contributed by atoms with E-state index in [1.807, 2.05) is 97.1 Å². The highest BCUT2D eigenvalue weighted by Crippen LogP contribution is 2.28. The number of benzene rings is 3. The minimum Gasteiger partial charge on any atom is -0.294 e. The molecule has 29 heavy (non-hydrogen) atoms. The number of aromatic nitrogens is 2. The number of nitrogens with one attached hydrogen (secondary N) is 1. The molecule has 1 atom stereocenters. The van der Waals surface area contributed by atoms with Crippen molar-refractivity contribution in [3.05, 3.63) is 108 Å². The Morgan fingerprint density at radius 1 is 0.793 bits per heavy atom. The first kappa shape index (κ1) is 18.7. The van der Waals surface area contributed by atoms with Crippen molar-refractivity contribution in [1.29, 1.82) is 5.26 Å². The highest BCUT2D eigenvalue weighted by Gasteiger charge is 2.18. The first-order chi connectivity index (χ1) is 14.3. The summed E-state index contributed by atoms with van der Waals surface area (Å²) in [6.45, 7) is 0. The van der Waals surface area contributed by atoms with E-state index in [1.165, 1.54) is 11.9 Å². The van der Waals surface area contributed by atoms with Gasteiger partial charge in [0.15, 0.2) is 0 Å². The molecule has 1 unspecified atom stereocenters. The molecule has 0 bridgehead atoms. The summed E-state index contributed by atoms with van der Waals surface area (Å²) in [6.07, 6.45) is 0. The molecular formula is C24H18N4S. The third-order valence-electron chi connectivity index (χ3n) is 4.38. The van der Waals surface area contributed by atoms with Gasteiger partial charge in [0, 0.05) is 10.5 Å². The van der Waals surface area contributed by atoms with Gasteiger partial charge >= 0.3 is 0 Å². The Balaban J connectivity index is 1.73. The van der Waals surface area contributed by atoms with Gasteiger partial charge in [0.2, 0.25) is 5.95 Å². The van der Waals surface area contributed by atoms with Crippen molar-refractivity contribution in [1.82, 2.24) is 9.97 Å². The van der Waals surface area contributed by atoms with E-state index in [9.17, 15) is 5.26 Å². The average molecular weight is 395 g/mol. The Bertz CT molecular complexity index is 1110. The zero-order chi connectivity index (χ0) is 19.9. The lowest BCUT2D eigenvalue weighted by molar-refractivity contribution is 0.953. The fourth-order valence-corrected chi connectivity index (χ4v) is 3.56. The van der Waals surface area contributed by atoms with Crippen molar-refractivity contribution in [3.8, 4) is 17.3 Å². The van der Waals surface area contributed by atoms with Gasteiger partial charge in [-0.2, -0.15) is 5.26 Å². The van der Waals surface area contributed by atoms with Crippen LogP contribution in [0.3, 0.4) is 0 Å². The van der Waals surface area contributed by atoms with Crippen LogP contribution in [0, 0.1) is 11.3 Å². The zero-order valence-corrected chi connectivity index (χ0v) is 16.4. The first-order valence-electron chi connectivity index (χ1n) is 9.20. The van der Waals surface area contributed by atoms with Gasteiger partial charge in [-0.1, -0.05) is 78.9 Å². The van der Waals surface area contributed by atoms with Crippen LogP contribution in [0.4, 0.5) is 5.95 Å². The van der Waals surface area contributed by atoms with Gasteiger partial charge < -0.3 is 0 Å². The topological polar surface area (TPSA) is 61.6 Å². The van der Waals surface area contributed by atoms with E-state index in [1.54, 1.807) is 0 Å². The van der Waals surface area contributed by atoms with Crippen molar-refractivity contribution in [3.63, 3.8) is 0 Å². The molecule has 0 spiro atoms. The molecular weight excluding hydrogens is 376 g/mol. The largest absolute Gasteiger partial charge is 0.294 e. The van der Waals surface area contributed by atoms with Gasteiger partial charge in [-0.3, -0.25) is 4.72 Å². The SMILES string of the molecule is N#CC(c1ccccc1)c1cc(-c2ccccc2)nc(NSc2ccccc2)n1. The van der Waals surface area contributed by atoms with Gasteiger partial charge in [-0.05, 0) is 35.7 Å². The molecule has 0 aliphatic heterocycles. The fraction of sp³-hybridized carbons (Fsp3) is 0.0417. The number of hydrogen-bond donors (Lipinski definition) is 1. The molecule has 140 valence electrons. The number of hydrogen-bond acceptors (Lipinski definition) is 5. The highest BCUT2D eigenvalue weighted by molar-refractivity contribution is 8.00. The van der Waals surface area contributed by atoms with Gasteiger partial charge in [0.25, 0.3) is 0 Å². The molecule has 5 heteroatoms. The predicted molar refractivity (Wildman–Crippen MR) is 117 cm³/mol. The van der Waals surface area contributed by atoms with Crippen molar-refractivity contribution in [2.75, 3.05) is 4.72 Å². The Kier molecular flexibility index (Phi) is 5.84. The van der Waals surface area contributed by atoms with Crippen LogP contribution in [-0.2, 0) is 0 Å². The number of anilines is 1. The van der Waals surface area contributed by atoms with Crippen molar-refractivity contribution in [2.45, 2.75) is 10.8 Å². The number of nitriles is 1. The molecule has 4 nitrogen and oxygen atoms in total. The van der Waals surface area contributed by atoms with E-state index >= 15 is 0 Å². The smallest absolute Gasteiger partial charge is 0.233 e. The lowest BCUT2D eigenvalue weighted by atomic mass is 9.96. The normalized spacial score (nSPS) is 11.4. The van der Waals surface area contributed by atoms with Crippen LogP contribution in [0.25, 0.3) is 11.3 Å². The second-order valence-corrected chi connectivity index (χ2v) is 7.24. The van der Waals surface area contributed by atoms with Crippen LogP contribution < -0.4 is 4.72 Å². The van der Waals surface area contributed by atoms with Crippen LogP contribution in [0.1, 0.15) is 17.2 Å². The van der Waals surface area contributed by atoms with Crippen LogP contribution in [-0.4, -0.2) is 9.97 Å². The van der Waals surface area contributed by atoms with Crippen LogP contribution in [0.2, 0.25) is 0 Å². The fourth-order valence-electron chi connectivity index (χ4n) is 2.97. The third kappa shape index (κ3) is 4.63. The summed E-state index contributed by atoms with van der Waals surface area (Å²) in [5.74, 6) is 0.00956. The van der Waals surface area contributed by atoms with Gasteiger partial charge in [0.1, 0.15) is 5.92 Å². The van der Waals surface area contributed by atoms with Crippen LogP contribution in [0.15, 0.2) is 102 Å². The summed E-state index contributed by atoms with van der Waals surface area (Å²) in [7, 11) is 0. The molecule has 1 N–H and O–H groups in total. The standard InChI is InChI=1S/C24H18N4S/c25-17-21(18-10-4-1-5-11-18)23-16-22(19-12-6-2-7-13-19)26-24(27-23)28-29-20-14-8-3-9-15-20/h1-16,21H,(H,26,27,28). The van der Waals surface area contributed by atoms with Gasteiger partial charge in [-0.15, -0.1) is 0 Å². The molecule has 4 rings (SSSR count). The molecule has 0 saturated carbocycles. The molecule has 0 saturated heterocycles. The van der Waals surface area contributed by atoms with E-state index < -0.39 is 5.92 Å². The summed E-state index contributed by atoms with van der Waals surface area (Å²) in [5.41, 5.74) is 3.34. The van der Waals surface area contributed by atoms with Crippen molar-refractivity contribution >= 4 is 17.9 Å². The second-order valence-electron chi connectivity index (χ2n) is 6.36. The van der Waals surface area contributed by atoms with E-state index in [-0.39, 0.29) is 0 Å².